The third-order valence-corrected chi connectivity index (χ3v) is 4.11. The fourth-order valence-electron chi connectivity index (χ4n) is 2.54. The molecule has 1 rings (SSSR count). The van der Waals surface area contributed by atoms with Gasteiger partial charge in [0.25, 0.3) is 0 Å². The summed E-state index contributed by atoms with van der Waals surface area (Å²) in [4.78, 5) is 24.8. The molecule has 0 aromatic heterocycles. The van der Waals surface area contributed by atoms with Crippen LogP contribution in [0.4, 0.5) is 0 Å². The van der Waals surface area contributed by atoms with E-state index in [2.05, 4.69) is 5.32 Å². The van der Waals surface area contributed by atoms with E-state index in [4.69, 9.17) is 0 Å². The highest BCUT2D eigenvalue weighted by Gasteiger charge is 2.21. The van der Waals surface area contributed by atoms with E-state index < -0.39 is 0 Å². The summed E-state index contributed by atoms with van der Waals surface area (Å²) in [6.45, 7) is 5.74. The Morgan fingerprint density at radius 3 is 2.55 bits per heavy atom. The molecule has 1 fully saturated rings. The fourth-order valence-corrected chi connectivity index (χ4v) is 2.54. The van der Waals surface area contributed by atoms with Crippen LogP contribution in [-0.2, 0) is 9.59 Å². The molecule has 0 aliphatic carbocycles. The van der Waals surface area contributed by atoms with Crippen molar-refractivity contribution in [2.75, 3.05) is 19.6 Å². The van der Waals surface area contributed by atoms with Crippen molar-refractivity contribution < 1.29 is 14.7 Å². The second-order valence-corrected chi connectivity index (χ2v) is 5.69. The van der Waals surface area contributed by atoms with E-state index in [1.807, 2.05) is 11.8 Å². The average molecular weight is 284 g/mol. The van der Waals surface area contributed by atoms with Gasteiger partial charge in [-0.1, -0.05) is 6.92 Å². The van der Waals surface area contributed by atoms with Crippen molar-refractivity contribution in [2.45, 2.75) is 58.5 Å². The largest absolute Gasteiger partial charge is 0.393 e. The summed E-state index contributed by atoms with van der Waals surface area (Å²) >= 11 is 0. The average Bonchev–Trinajstić information content (AvgIpc) is 2.45. The molecule has 5 nitrogen and oxygen atoms in total. The molecule has 2 amide bonds. The zero-order valence-corrected chi connectivity index (χ0v) is 12.7. The fraction of sp³-hybridized carbons (Fsp3) is 0.867. The number of hydrogen-bond acceptors (Lipinski definition) is 3. The number of amides is 2. The first-order chi connectivity index (χ1) is 9.52. The highest BCUT2D eigenvalue weighted by molar-refractivity contribution is 5.75. The van der Waals surface area contributed by atoms with Gasteiger partial charge in [0.2, 0.25) is 11.8 Å². The molecule has 2 N–H and O–H groups in total. The molecule has 1 aliphatic heterocycles. The SMILES string of the molecule is CCC(O)CCNC(=O)CCC1CCN(C(C)=O)CC1. The maximum absolute atomic E-state index is 11.7. The van der Waals surface area contributed by atoms with Crippen LogP contribution in [0.2, 0.25) is 0 Å². The Morgan fingerprint density at radius 2 is 2.00 bits per heavy atom. The van der Waals surface area contributed by atoms with Crippen LogP contribution in [0.3, 0.4) is 0 Å². The minimum absolute atomic E-state index is 0.0716. The Kier molecular flexibility index (Phi) is 7.59. The Hall–Kier alpha value is -1.10. The third kappa shape index (κ3) is 6.37. The summed E-state index contributed by atoms with van der Waals surface area (Å²) < 4.78 is 0. The van der Waals surface area contributed by atoms with Gasteiger partial charge in [-0.2, -0.15) is 0 Å². The van der Waals surface area contributed by atoms with Crippen LogP contribution in [0.25, 0.3) is 0 Å². The van der Waals surface area contributed by atoms with E-state index in [0.29, 0.717) is 25.3 Å². The minimum atomic E-state index is -0.314. The van der Waals surface area contributed by atoms with E-state index in [9.17, 15) is 14.7 Å². The highest BCUT2D eigenvalue weighted by Crippen LogP contribution is 2.21. The zero-order chi connectivity index (χ0) is 15.0. The summed E-state index contributed by atoms with van der Waals surface area (Å²) in [5.41, 5.74) is 0. The Labute approximate surface area is 121 Å². The monoisotopic (exact) mass is 284 g/mol. The maximum atomic E-state index is 11.7. The second kappa shape index (κ2) is 8.95. The van der Waals surface area contributed by atoms with Gasteiger partial charge in [0, 0.05) is 33.0 Å². The molecular formula is C15H28N2O3. The van der Waals surface area contributed by atoms with E-state index in [1.54, 1.807) is 6.92 Å². The quantitative estimate of drug-likeness (QED) is 0.740. The van der Waals surface area contributed by atoms with Gasteiger partial charge in [-0.15, -0.1) is 0 Å². The van der Waals surface area contributed by atoms with Gasteiger partial charge < -0.3 is 15.3 Å². The molecule has 0 radical (unpaired) electrons. The summed E-state index contributed by atoms with van der Waals surface area (Å²) in [5, 5.41) is 12.2. The molecule has 0 saturated carbocycles. The lowest BCUT2D eigenvalue weighted by Gasteiger charge is -2.31. The topological polar surface area (TPSA) is 69.6 Å². The number of piperidine rings is 1. The van der Waals surface area contributed by atoms with Crippen LogP contribution in [0, 0.1) is 5.92 Å². The van der Waals surface area contributed by atoms with Gasteiger partial charge in [0.15, 0.2) is 0 Å². The Bertz CT molecular complexity index is 312. The van der Waals surface area contributed by atoms with Crippen molar-refractivity contribution in [1.82, 2.24) is 10.2 Å². The normalized spacial score (nSPS) is 17.9. The minimum Gasteiger partial charge on any atom is -0.393 e. The van der Waals surface area contributed by atoms with Gasteiger partial charge in [-0.05, 0) is 38.0 Å². The van der Waals surface area contributed by atoms with Crippen molar-refractivity contribution in [3.05, 3.63) is 0 Å². The van der Waals surface area contributed by atoms with Gasteiger partial charge in [-0.25, -0.2) is 0 Å². The number of aliphatic hydroxyl groups is 1. The first kappa shape index (κ1) is 17.0. The lowest BCUT2D eigenvalue weighted by molar-refractivity contribution is -0.130. The smallest absolute Gasteiger partial charge is 0.220 e. The number of aliphatic hydroxyl groups excluding tert-OH is 1. The Morgan fingerprint density at radius 1 is 1.35 bits per heavy atom. The molecule has 5 heteroatoms. The zero-order valence-electron chi connectivity index (χ0n) is 12.7. The number of likely N-dealkylation sites (tertiary alicyclic amines) is 1. The van der Waals surface area contributed by atoms with Crippen LogP contribution in [-0.4, -0.2) is 47.6 Å². The molecular weight excluding hydrogens is 256 g/mol. The molecule has 0 aromatic rings. The van der Waals surface area contributed by atoms with Crippen molar-refractivity contribution in [3.8, 4) is 0 Å². The number of nitrogens with zero attached hydrogens (tertiary/aromatic N) is 1. The van der Waals surface area contributed by atoms with E-state index in [1.165, 1.54) is 0 Å². The predicted octanol–water partition coefficient (Wildman–Crippen LogP) is 1.30. The molecule has 1 unspecified atom stereocenters. The molecule has 1 saturated heterocycles. The van der Waals surface area contributed by atoms with Gasteiger partial charge in [0.1, 0.15) is 0 Å². The number of rotatable bonds is 7. The lowest BCUT2D eigenvalue weighted by Crippen LogP contribution is -2.37. The van der Waals surface area contributed by atoms with Gasteiger partial charge >= 0.3 is 0 Å². The highest BCUT2D eigenvalue weighted by atomic mass is 16.3. The number of carbonyl (C=O) groups excluding carboxylic acids is 2. The molecule has 116 valence electrons. The van der Waals surface area contributed by atoms with Crippen molar-refractivity contribution in [1.29, 1.82) is 0 Å². The predicted molar refractivity (Wildman–Crippen MR) is 78.1 cm³/mol. The van der Waals surface area contributed by atoms with Crippen LogP contribution in [0.5, 0.6) is 0 Å². The standard InChI is InChI=1S/C15H28N2O3/c1-3-14(19)6-9-16-15(20)5-4-13-7-10-17(11-8-13)12(2)18/h13-14,19H,3-11H2,1-2H3,(H,16,20). The van der Waals surface area contributed by atoms with E-state index in [-0.39, 0.29) is 17.9 Å². The maximum Gasteiger partial charge on any atom is 0.220 e. The van der Waals surface area contributed by atoms with Gasteiger partial charge in [-0.3, -0.25) is 9.59 Å². The second-order valence-electron chi connectivity index (χ2n) is 5.69. The molecule has 1 aliphatic rings. The number of nitrogens with one attached hydrogen (secondary N) is 1. The summed E-state index contributed by atoms with van der Waals surface area (Å²) in [7, 11) is 0. The summed E-state index contributed by atoms with van der Waals surface area (Å²) in [6.07, 6.45) is 4.49. The molecule has 0 bridgehead atoms. The van der Waals surface area contributed by atoms with Crippen LogP contribution < -0.4 is 5.32 Å². The van der Waals surface area contributed by atoms with Crippen molar-refractivity contribution in [2.24, 2.45) is 5.92 Å². The summed E-state index contributed by atoms with van der Waals surface area (Å²) in [5.74, 6) is 0.774. The van der Waals surface area contributed by atoms with E-state index >= 15 is 0 Å². The molecule has 1 heterocycles. The van der Waals surface area contributed by atoms with Crippen molar-refractivity contribution in [3.63, 3.8) is 0 Å². The molecule has 0 aromatic carbocycles. The van der Waals surface area contributed by atoms with Crippen LogP contribution in [0.1, 0.15) is 52.4 Å². The summed E-state index contributed by atoms with van der Waals surface area (Å²) in [6, 6.07) is 0. The number of carbonyl (C=O) groups is 2. The first-order valence-electron chi connectivity index (χ1n) is 7.73. The van der Waals surface area contributed by atoms with Crippen LogP contribution in [0.15, 0.2) is 0 Å². The third-order valence-electron chi connectivity index (χ3n) is 4.11. The lowest BCUT2D eigenvalue weighted by atomic mass is 9.92. The Balaban J connectivity index is 2.09. The van der Waals surface area contributed by atoms with Crippen molar-refractivity contribution >= 4 is 11.8 Å². The van der Waals surface area contributed by atoms with Crippen LogP contribution >= 0.6 is 0 Å². The van der Waals surface area contributed by atoms with Gasteiger partial charge in [0.05, 0.1) is 6.10 Å². The first-order valence-corrected chi connectivity index (χ1v) is 7.73. The molecule has 0 spiro atoms. The number of hydrogen-bond donors (Lipinski definition) is 2. The molecule has 20 heavy (non-hydrogen) atoms. The van der Waals surface area contributed by atoms with E-state index in [0.717, 1.165) is 38.8 Å². The molecule has 1 atom stereocenters.